The number of carboxylic acid groups (broad SMARTS) is 1. The Kier molecular flexibility index (Phi) is 4.60. The third-order valence-corrected chi connectivity index (χ3v) is 5.96. The Morgan fingerprint density at radius 1 is 1.10 bits per heavy atom. The highest BCUT2D eigenvalue weighted by Gasteiger charge is 2.22. The number of hydrogen-bond acceptors (Lipinski definition) is 5. The number of carbonyl (C=O) groups is 1. The first-order chi connectivity index (χ1) is 8.94. The lowest BCUT2D eigenvalue weighted by Gasteiger charge is -2.11. The van der Waals surface area contributed by atoms with E-state index in [0.29, 0.717) is 11.1 Å². The molecule has 0 spiro atoms. The summed E-state index contributed by atoms with van der Waals surface area (Å²) < 4.78 is 46.5. The van der Waals surface area contributed by atoms with Crippen molar-refractivity contribution in [1.29, 1.82) is 0 Å². The average Bonchev–Trinajstić information content (AvgIpc) is 2.28. The van der Waals surface area contributed by atoms with Gasteiger partial charge in [0.25, 0.3) is 0 Å². The predicted molar refractivity (Wildman–Crippen MR) is 74.6 cm³/mol. The second-order valence-corrected chi connectivity index (χ2v) is 9.01. The van der Waals surface area contributed by atoms with Crippen LogP contribution in [0.15, 0.2) is 17.0 Å². The first-order valence-electron chi connectivity index (χ1n) is 5.69. The molecular formula is C12H16O6S2. The van der Waals surface area contributed by atoms with Gasteiger partial charge in [-0.3, -0.25) is 0 Å². The van der Waals surface area contributed by atoms with Gasteiger partial charge in [0, 0.05) is 6.26 Å². The first-order valence-corrected chi connectivity index (χ1v) is 9.40. The zero-order valence-electron chi connectivity index (χ0n) is 11.4. The molecule has 8 heteroatoms. The van der Waals surface area contributed by atoms with Gasteiger partial charge in [-0.05, 0) is 37.1 Å². The van der Waals surface area contributed by atoms with E-state index in [9.17, 15) is 21.6 Å². The summed E-state index contributed by atoms with van der Waals surface area (Å²) in [6.07, 6.45) is 0.953. The molecule has 0 heterocycles. The summed E-state index contributed by atoms with van der Waals surface area (Å²) >= 11 is 0. The standard InChI is InChI=1S/C12H16O6S2/c1-8-6-10(12(13)14)7-11(9(8)2)20(17,18)5-4-19(3,15)16/h6-7H,4-5H2,1-3H3,(H,13,14). The van der Waals surface area contributed by atoms with Crippen LogP contribution in [-0.4, -0.2) is 45.7 Å². The average molecular weight is 320 g/mol. The Morgan fingerprint density at radius 3 is 2.10 bits per heavy atom. The molecule has 0 fully saturated rings. The van der Waals surface area contributed by atoms with Crippen LogP contribution in [0, 0.1) is 13.8 Å². The van der Waals surface area contributed by atoms with Gasteiger partial charge in [0.1, 0.15) is 9.84 Å². The SMILES string of the molecule is Cc1cc(C(=O)O)cc(S(=O)(=O)CCS(C)(=O)=O)c1C. The molecule has 1 aromatic rings. The molecule has 0 aromatic heterocycles. The molecule has 0 bridgehead atoms. The van der Waals surface area contributed by atoms with Crippen molar-refractivity contribution >= 4 is 25.6 Å². The zero-order valence-corrected chi connectivity index (χ0v) is 13.0. The summed E-state index contributed by atoms with van der Waals surface area (Å²) in [7, 11) is -7.26. The van der Waals surface area contributed by atoms with Crippen LogP contribution in [-0.2, 0) is 19.7 Å². The Hall–Kier alpha value is -1.41. The fourth-order valence-electron chi connectivity index (χ4n) is 1.64. The Labute approximate surface area is 118 Å². The van der Waals surface area contributed by atoms with Crippen molar-refractivity contribution < 1.29 is 26.7 Å². The Morgan fingerprint density at radius 2 is 1.65 bits per heavy atom. The first kappa shape index (κ1) is 16.6. The molecule has 0 saturated carbocycles. The van der Waals surface area contributed by atoms with Crippen LogP contribution < -0.4 is 0 Å². The van der Waals surface area contributed by atoms with E-state index in [4.69, 9.17) is 5.11 Å². The van der Waals surface area contributed by atoms with Crippen molar-refractivity contribution in [3.8, 4) is 0 Å². The number of sulfone groups is 2. The minimum Gasteiger partial charge on any atom is -0.478 e. The Balaban J connectivity index is 3.34. The fourth-order valence-corrected chi connectivity index (χ4v) is 4.89. The van der Waals surface area contributed by atoms with Gasteiger partial charge < -0.3 is 5.11 Å². The monoisotopic (exact) mass is 320 g/mol. The van der Waals surface area contributed by atoms with Crippen LogP contribution in [0.1, 0.15) is 21.5 Å². The number of hydrogen-bond donors (Lipinski definition) is 1. The minimum atomic E-state index is -3.85. The maximum absolute atomic E-state index is 12.2. The second kappa shape index (κ2) is 5.53. The fraction of sp³-hybridized carbons (Fsp3) is 0.417. The molecule has 0 radical (unpaired) electrons. The van der Waals surface area contributed by atoms with Gasteiger partial charge in [0.2, 0.25) is 0 Å². The van der Waals surface area contributed by atoms with Crippen LogP contribution in [0.25, 0.3) is 0 Å². The van der Waals surface area contributed by atoms with E-state index >= 15 is 0 Å². The van der Waals surface area contributed by atoms with Crippen molar-refractivity contribution in [1.82, 2.24) is 0 Å². The minimum absolute atomic E-state index is 0.126. The molecule has 0 atom stereocenters. The van der Waals surface area contributed by atoms with E-state index in [1.54, 1.807) is 13.8 Å². The van der Waals surface area contributed by atoms with E-state index < -0.39 is 37.1 Å². The molecular weight excluding hydrogens is 304 g/mol. The molecule has 0 amide bonds. The van der Waals surface area contributed by atoms with Crippen molar-refractivity contribution in [3.63, 3.8) is 0 Å². The van der Waals surface area contributed by atoms with Crippen LogP contribution in [0.3, 0.4) is 0 Å². The number of rotatable bonds is 5. The quantitative estimate of drug-likeness (QED) is 0.861. The predicted octanol–water partition coefficient (Wildman–Crippen LogP) is 0.820. The van der Waals surface area contributed by atoms with Crippen LogP contribution >= 0.6 is 0 Å². The van der Waals surface area contributed by atoms with Crippen LogP contribution in [0.4, 0.5) is 0 Å². The van der Waals surface area contributed by atoms with E-state index in [1.807, 2.05) is 0 Å². The molecule has 20 heavy (non-hydrogen) atoms. The number of aryl methyl sites for hydroxylation is 1. The normalized spacial score (nSPS) is 12.3. The molecule has 0 aliphatic heterocycles. The Bertz CT molecular complexity index is 744. The highest BCUT2D eigenvalue weighted by atomic mass is 32.2. The largest absolute Gasteiger partial charge is 0.478 e. The number of aromatic carboxylic acids is 1. The van der Waals surface area contributed by atoms with E-state index in [1.165, 1.54) is 6.07 Å². The van der Waals surface area contributed by atoms with E-state index in [2.05, 4.69) is 0 Å². The summed E-state index contributed by atoms with van der Waals surface area (Å²) in [6.45, 7) is 3.17. The highest BCUT2D eigenvalue weighted by Crippen LogP contribution is 2.22. The van der Waals surface area contributed by atoms with E-state index in [0.717, 1.165) is 12.3 Å². The summed E-state index contributed by atoms with van der Waals surface area (Å²) in [5, 5.41) is 8.96. The van der Waals surface area contributed by atoms with Gasteiger partial charge in [0.15, 0.2) is 9.84 Å². The van der Waals surface area contributed by atoms with Gasteiger partial charge >= 0.3 is 5.97 Å². The van der Waals surface area contributed by atoms with Gasteiger partial charge in [-0.2, -0.15) is 0 Å². The van der Waals surface area contributed by atoms with Crippen molar-refractivity contribution in [2.24, 2.45) is 0 Å². The zero-order chi connectivity index (χ0) is 15.7. The lowest BCUT2D eigenvalue weighted by Crippen LogP contribution is -2.18. The summed E-state index contributed by atoms with van der Waals surface area (Å²) in [5.74, 6) is -2.28. The maximum Gasteiger partial charge on any atom is 0.335 e. The molecule has 0 saturated heterocycles. The summed E-state index contributed by atoms with van der Waals surface area (Å²) in [4.78, 5) is 10.8. The molecule has 1 aromatic carbocycles. The van der Waals surface area contributed by atoms with E-state index in [-0.39, 0.29) is 10.5 Å². The van der Waals surface area contributed by atoms with Gasteiger partial charge in [-0.1, -0.05) is 0 Å². The van der Waals surface area contributed by atoms with Crippen LogP contribution in [0.5, 0.6) is 0 Å². The molecule has 1 N–H and O–H groups in total. The topological polar surface area (TPSA) is 106 Å². The van der Waals surface area contributed by atoms with Gasteiger partial charge in [-0.15, -0.1) is 0 Å². The number of benzene rings is 1. The molecule has 0 unspecified atom stereocenters. The molecule has 0 aliphatic carbocycles. The third-order valence-electron chi connectivity index (χ3n) is 2.92. The summed E-state index contributed by atoms with van der Waals surface area (Å²) in [6, 6.07) is 2.45. The third kappa shape index (κ3) is 4.04. The molecule has 112 valence electrons. The van der Waals surface area contributed by atoms with Crippen molar-refractivity contribution in [2.75, 3.05) is 17.8 Å². The lowest BCUT2D eigenvalue weighted by molar-refractivity contribution is 0.0696. The number of carboxylic acids is 1. The molecule has 6 nitrogen and oxygen atoms in total. The molecule has 1 rings (SSSR count). The van der Waals surface area contributed by atoms with Crippen molar-refractivity contribution in [2.45, 2.75) is 18.7 Å². The van der Waals surface area contributed by atoms with Gasteiger partial charge in [0.05, 0.1) is 22.0 Å². The van der Waals surface area contributed by atoms with Crippen LogP contribution in [0.2, 0.25) is 0 Å². The smallest absolute Gasteiger partial charge is 0.335 e. The van der Waals surface area contributed by atoms with Gasteiger partial charge in [-0.25, -0.2) is 21.6 Å². The van der Waals surface area contributed by atoms with Crippen molar-refractivity contribution in [3.05, 3.63) is 28.8 Å². The highest BCUT2D eigenvalue weighted by molar-refractivity contribution is 7.94. The molecule has 0 aliphatic rings. The summed E-state index contributed by atoms with van der Waals surface area (Å²) in [5.41, 5.74) is 0.831. The lowest BCUT2D eigenvalue weighted by atomic mass is 10.1. The second-order valence-electron chi connectivity index (χ2n) is 4.67. The maximum atomic E-state index is 12.2.